The number of aliphatic hydroxyl groups excluding tert-OH is 2. The van der Waals surface area contributed by atoms with Crippen molar-refractivity contribution in [1.29, 1.82) is 0 Å². The van der Waals surface area contributed by atoms with E-state index in [4.69, 9.17) is 14.6 Å². The highest BCUT2D eigenvalue weighted by Crippen LogP contribution is 2.38. The van der Waals surface area contributed by atoms with Gasteiger partial charge < -0.3 is 29.9 Å². The van der Waals surface area contributed by atoms with Crippen LogP contribution in [0.2, 0.25) is 0 Å². The summed E-state index contributed by atoms with van der Waals surface area (Å²) in [7, 11) is 0. The van der Waals surface area contributed by atoms with Crippen LogP contribution in [0.15, 0.2) is 0 Å². The Balaban J connectivity index is 1.58. The third-order valence-corrected chi connectivity index (χ3v) is 5.21. The average molecular weight is 331 g/mol. The largest absolute Gasteiger partial charge is 0.481 e. The Labute approximate surface area is 134 Å². The summed E-state index contributed by atoms with van der Waals surface area (Å²) in [6.07, 6.45) is -2.51. The molecule has 0 aliphatic carbocycles. The van der Waals surface area contributed by atoms with E-state index in [0.717, 1.165) is 0 Å². The van der Waals surface area contributed by atoms with Gasteiger partial charge in [-0.25, -0.2) is 0 Å². The SMILES string of the molecule is CC1OC2CC(O)(CN3CCC(C(=O)O)CC3)OC2C(O)C1O. The van der Waals surface area contributed by atoms with E-state index in [1.807, 2.05) is 4.90 Å². The molecule has 0 aromatic rings. The number of carbonyl (C=O) groups is 1. The lowest BCUT2D eigenvalue weighted by molar-refractivity contribution is -0.248. The number of piperidine rings is 1. The van der Waals surface area contributed by atoms with E-state index in [0.29, 0.717) is 25.9 Å². The molecule has 132 valence electrons. The van der Waals surface area contributed by atoms with Crippen LogP contribution >= 0.6 is 0 Å². The Kier molecular flexibility index (Phi) is 4.65. The van der Waals surface area contributed by atoms with Crippen molar-refractivity contribution in [3.05, 3.63) is 0 Å². The van der Waals surface area contributed by atoms with Gasteiger partial charge in [-0.1, -0.05) is 0 Å². The number of hydrogen-bond acceptors (Lipinski definition) is 7. The molecule has 3 saturated heterocycles. The zero-order valence-electron chi connectivity index (χ0n) is 13.2. The van der Waals surface area contributed by atoms with E-state index < -0.39 is 42.3 Å². The van der Waals surface area contributed by atoms with Gasteiger partial charge in [0.05, 0.1) is 24.7 Å². The van der Waals surface area contributed by atoms with Crippen molar-refractivity contribution in [2.24, 2.45) is 5.92 Å². The molecule has 3 aliphatic rings. The second-order valence-corrected chi connectivity index (χ2v) is 6.98. The number of likely N-dealkylation sites (tertiary alicyclic amines) is 1. The summed E-state index contributed by atoms with van der Waals surface area (Å²) in [5.74, 6) is -2.55. The van der Waals surface area contributed by atoms with Crippen LogP contribution < -0.4 is 0 Å². The lowest BCUT2D eigenvalue weighted by Crippen LogP contribution is -2.55. The molecule has 6 atom stereocenters. The van der Waals surface area contributed by atoms with Crippen molar-refractivity contribution >= 4 is 5.97 Å². The van der Waals surface area contributed by atoms with Gasteiger partial charge in [-0.15, -0.1) is 0 Å². The summed E-state index contributed by atoms with van der Waals surface area (Å²) in [5.41, 5.74) is 0. The van der Waals surface area contributed by atoms with E-state index in [1.165, 1.54) is 0 Å². The molecule has 23 heavy (non-hydrogen) atoms. The maximum absolute atomic E-state index is 11.0. The Morgan fingerprint density at radius 1 is 1.26 bits per heavy atom. The van der Waals surface area contributed by atoms with Crippen molar-refractivity contribution in [3.63, 3.8) is 0 Å². The fourth-order valence-corrected chi connectivity index (χ4v) is 3.84. The summed E-state index contributed by atoms with van der Waals surface area (Å²) in [4.78, 5) is 13.0. The Morgan fingerprint density at radius 2 is 1.91 bits per heavy atom. The minimum absolute atomic E-state index is 0.227. The Bertz CT molecular complexity index is 453. The number of nitrogens with zero attached hydrogens (tertiary/aromatic N) is 1. The van der Waals surface area contributed by atoms with Crippen molar-refractivity contribution in [3.8, 4) is 0 Å². The number of ether oxygens (including phenoxy) is 2. The molecule has 0 aromatic carbocycles. The predicted molar refractivity (Wildman–Crippen MR) is 77.6 cm³/mol. The smallest absolute Gasteiger partial charge is 0.306 e. The third kappa shape index (κ3) is 3.38. The first kappa shape index (κ1) is 17.1. The average Bonchev–Trinajstić information content (AvgIpc) is 2.82. The standard InChI is InChI=1S/C15H25NO7/c1-8-11(17)12(18)13-10(22-8)6-15(21,23-13)7-16-4-2-9(3-5-16)14(19)20/h8-13,17-18,21H,2-7H2,1H3,(H,19,20). The number of aliphatic carboxylic acids is 1. The number of fused-ring (bicyclic) bond motifs is 1. The minimum atomic E-state index is -1.45. The summed E-state index contributed by atoms with van der Waals surface area (Å²) in [5, 5.41) is 39.7. The molecule has 8 nitrogen and oxygen atoms in total. The van der Waals surface area contributed by atoms with Gasteiger partial charge >= 0.3 is 5.97 Å². The summed E-state index contributed by atoms with van der Waals surface area (Å²) in [6.45, 7) is 3.09. The zero-order chi connectivity index (χ0) is 16.8. The molecule has 0 bridgehead atoms. The van der Waals surface area contributed by atoms with Crippen LogP contribution in [-0.2, 0) is 14.3 Å². The second kappa shape index (κ2) is 6.27. The first-order chi connectivity index (χ1) is 10.8. The van der Waals surface area contributed by atoms with Crippen LogP contribution in [0.3, 0.4) is 0 Å². The van der Waals surface area contributed by atoms with E-state index in [2.05, 4.69) is 0 Å². The summed E-state index contributed by atoms with van der Waals surface area (Å²) < 4.78 is 11.3. The van der Waals surface area contributed by atoms with Gasteiger partial charge in [0.1, 0.15) is 18.3 Å². The molecule has 6 unspecified atom stereocenters. The molecule has 3 rings (SSSR count). The van der Waals surface area contributed by atoms with Crippen molar-refractivity contribution in [2.75, 3.05) is 19.6 Å². The van der Waals surface area contributed by atoms with Crippen molar-refractivity contribution < 1.29 is 34.7 Å². The third-order valence-electron chi connectivity index (χ3n) is 5.21. The maximum Gasteiger partial charge on any atom is 0.306 e. The molecular weight excluding hydrogens is 306 g/mol. The monoisotopic (exact) mass is 331 g/mol. The maximum atomic E-state index is 11.0. The van der Waals surface area contributed by atoms with Crippen LogP contribution in [0.4, 0.5) is 0 Å². The fourth-order valence-electron chi connectivity index (χ4n) is 3.84. The van der Waals surface area contributed by atoms with Gasteiger partial charge in [-0.05, 0) is 32.9 Å². The molecule has 0 aromatic heterocycles. The van der Waals surface area contributed by atoms with Crippen molar-refractivity contribution in [2.45, 2.75) is 62.5 Å². The highest BCUT2D eigenvalue weighted by molar-refractivity contribution is 5.70. The second-order valence-electron chi connectivity index (χ2n) is 6.98. The minimum Gasteiger partial charge on any atom is -0.481 e. The number of carboxylic acids is 1. The molecule has 0 radical (unpaired) electrons. The molecule has 0 spiro atoms. The first-order valence-electron chi connectivity index (χ1n) is 8.16. The fraction of sp³-hybridized carbons (Fsp3) is 0.933. The number of rotatable bonds is 3. The molecule has 3 fully saturated rings. The summed E-state index contributed by atoms with van der Waals surface area (Å²) in [6, 6.07) is 0. The van der Waals surface area contributed by atoms with Crippen LogP contribution in [0.25, 0.3) is 0 Å². The van der Waals surface area contributed by atoms with Crippen LogP contribution in [0.5, 0.6) is 0 Å². The van der Waals surface area contributed by atoms with Gasteiger partial charge in [0.15, 0.2) is 5.79 Å². The van der Waals surface area contributed by atoms with E-state index in [9.17, 15) is 20.1 Å². The topological polar surface area (TPSA) is 120 Å². The van der Waals surface area contributed by atoms with E-state index in [-0.39, 0.29) is 18.9 Å². The normalized spacial score (nSPS) is 45.8. The molecule has 3 heterocycles. The van der Waals surface area contributed by atoms with Crippen molar-refractivity contribution in [1.82, 2.24) is 4.90 Å². The zero-order valence-corrected chi connectivity index (χ0v) is 13.2. The molecule has 3 aliphatic heterocycles. The van der Waals surface area contributed by atoms with Gasteiger partial charge in [-0.3, -0.25) is 9.69 Å². The molecule has 0 amide bonds. The van der Waals surface area contributed by atoms with Gasteiger partial charge in [0, 0.05) is 6.42 Å². The highest BCUT2D eigenvalue weighted by Gasteiger charge is 2.55. The molecule has 0 saturated carbocycles. The highest BCUT2D eigenvalue weighted by atomic mass is 16.7. The number of β-amino-alcohol motifs (C(OH)–C–C–N with tert-alkyl or cyclic N) is 1. The Morgan fingerprint density at radius 3 is 2.52 bits per heavy atom. The van der Waals surface area contributed by atoms with Gasteiger partial charge in [-0.2, -0.15) is 0 Å². The lowest BCUT2D eigenvalue weighted by atomic mass is 9.94. The van der Waals surface area contributed by atoms with Gasteiger partial charge in [0.25, 0.3) is 0 Å². The first-order valence-corrected chi connectivity index (χ1v) is 8.16. The molecular formula is C15H25NO7. The molecule has 8 heteroatoms. The van der Waals surface area contributed by atoms with E-state index in [1.54, 1.807) is 6.92 Å². The Hall–Kier alpha value is -0.770. The number of hydrogen-bond donors (Lipinski definition) is 4. The van der Waals surface area contributed by atoms with Crippen LogP contribution in [0.1, 0.15) is 26.2 Å². The molecule has 4 N–H and O–H groups in total. The number of aliphatic hydroxyl groups is 3. The lowest BCUT2D eigenvalue weighted by Gasteiger charge is -2.37. The predicted octanol–water partition coefficient (Wildman–Crippen LogP) is -1.23. The van der Waals surface area contributed by atoms with Crippen LogP contribution in [0, 0.1) is 5.92 Å². The quantitative estimate of drug-likeness (QED) is 0.507. The van der Waals surface area contributed by atoms with Gasteiger partial charge in [0.2, 0.25) is 0 Å². The van der Waals surface area contributed by atoms with E-state index >= 15 is 0 Å². The summed E-state index contributed by atoms with van der Waals surface area (Å²) >= 11 is 0. The van der Waals surface area contributed by atoms with Crippen LogP contribution in [-0.4, -0.2) is 87.2 Å². The number of carboxylic acid groups (broad SMARTS) is 1.